The first kappa shape index (κ1) is 36.5. The monoisotopic (exact) mass is 718 g/mol. The molecule has 4 heterocycles. The number of sulfonamides is 1. The predicted molar refractivity (Wildman–Crippen MR) is 170 cm³/mol. The van der Waals surface area contributed by atoms with Crippen LogP contribution >= 0.6 is 11.8 Å². The Labute approximate surface area is 281 Å². The summed E-state index contributed by atoms with van der Waals surface area (Å²) < 4.78 is 70.0. The number of hydrogen-bond donors (Lipinski definition) is 4. The van der Waals surface area contributed by atoms with Crippen LogP contribution in [0.15, 0.2) is 23.1 Å². The number of nitrogens with zero attached hydrogens (tertiary/aromatic N) is 5. The van der Waals surface area contributed by atoms with Gasteiger partial charge in [0.1, 0.15) is 6.61 Å². The zero-order valence-electron chi connectivity index (χ0n) is 26.5. The summed E-state index contributed by atoms with van der Waals surface area (Å²) >= 11 is 0.748. The summed E-state index contributed by atoms with van der Waals surface area (Å²) in [5, 5.41) is 37.3. The number of piperidine rings is 1. The topological polar surface area (TPSA) is 169 Å². The number of aromatic nitrogens is 2. The van der Waals surface area contributed by atoms with Crippen LogP contribution in [0.1, 0.15) is 36.1 Å². The largest absolute Gasteiger partial charge is 0.417 e. The molecular weight excluding hydrogens is 677 g/mol. The molecule has 1 aromatic carbocycles. The van der Waals surface area contributed by atoms with Gasteiger partial charge in [-0.1, -0.05) is 6.07 Å². The fourth-order valence-electron chi connectivity index (χ4n) is 6.44. The van der Waals surface area contributed by atoms with E-state index in [4.69, 9.17) is 10.2 Å². The molecule has 18 heteroatoms. The van der Waals surface area contributed by atoms with E-state index in [-0.39, 0.29) is 55.2 Å². The van der Waals surface area contributed by atoms with E-state index in [2.05, 4.69) is 10.2 Å². The summed E-state index contributed by atoms with van der Waals surface area (Å²) in [5.41, 5.74) is 0.937. The van der Waals surface area contributed by atoms with Gasteiger partial charge in [-0.05, 0) is 31.4 Å². The van der Waals surface area contributed by atoms with Gasteiger partial charge in [-0.3, -0.25) is 14.3 Å². The predicted octanol–water partition coefficient (Wildman–Crippen LogP) is 0.506. The van der Waals surface area contributed by atoms with Gasteiger partial charge in [0.15, 0.2) is 0 Å². The number of alkyl halides is 3. The van der Waals surface area contributed by atoms with Crippen LogP contribution in [0.4, 0.5) is 13.2 Å². The zero-order chi connectivity index (χ0) is 34.8. The highest BCUT2D eigenvalue weighted by molar-refractivity contribution is 8.00. The van der Waals surface area contributed by atoms with E-state index in [1.54, 1.807) is 4.68 Å². The second kappa shape index (κ2) is 15.0. The Balaban J connectivity index is 1.38. The molecule has 0 saturated carbocycles. The van der Waals surface area contributed by atoms with Gasteiger partial charge in [-0.25, -0.2) is 8.42 Å². The SMILES string of the molecule is CS(=O)(=O)N1CCc2c(c(-c3ccc(C(F)(F)F)c(SCC(=O)N4CC[C@@H](O)C4)c3)nn2CC(O)CN2CCC(NC(=O)CO)CC2)C1. The molecule has 5 rings (SSSR count). The minimum absolute atomic E-state index is 0.0358. The normalized spacial score (nSPS) is 20.6. The van der Waals surface area contributed by atoms with Crippen molar-refractivity contribution in [3.8, 4) is 11.3 Å². The molecule has 4 N–H and O–H groups in total. The molecule has 0 radical (unpaired) electrons. The molecule has 0 spiro atoms. The Morgan fingerprint density at radius 2 is 1.85 bits per heavy atom. The van der Waals surface area contributed by atoms with Crippen molar-refractivity contribution in [1.29, 1.82) is 0 Å². The summed E-state index contributed by atoms with van der Waals surface area (Å²) in [6.07, 6.45) is -3.12. The number of likely N-dealkylation sites (tertiary alicyclic amines) is 2. The van der Waals surface area contributed by atoms with Crippen molar-refractivity contribution in [2.45, 2.75) is 68.1 Å². The number of amides is 2. The average Bonchev–Trinajstić information content (AvgIpc) is 3.63. The third-order valence-electron chi connectivity index (χ3n) is 8.94. The average molecular weight is 719 g/mol. The molecular formula is C30H41F3N6O7S2. The summed E-state index contributed by atoms with van der Waals surface area (Å²) in [5.74, 6) is -1.07. The van der Waals surface area contributed by atoms with Crippen molar-refractivity contribution in [1.82, 2.24) is 29.2 Å². The number of thioether (sulfide) groups is 1. The van der Waals surface area contributed by atoms with Crippen LogP contribution in [0.3, 0.4) is 0 Å². The summed E-state index contributed by atoms with van der Waals surface area (Å²) in [6, 6.07) is 3.48. The standard InChI is InChI=1S/C30H41F3N6O7S2/c1-48(45,46)38-11-7-25-23(16-38)29(35-39(25)15-22(42)13-36-8-4-20(5-9-36)34-27(43)17-40)19-2-3-24(30(31,32)33)26(12-19)47-18-28(44)37-10-6-21(41)14-37/h2-3,12,20-22,40-42H,4-11,13-18H2,1H3,(H,34,43)/t21-,22?/m1/s1. The number of β-amino-alcohol motifs (C(OH)–C–C–N with tert-alkyl or cyclic N) is 2. The first-order chi connectivity index (χ1) is 22.6. The lowest BCUT2D eigenvalue weighted by atomic mass is 10.0. The van der Waals surface area contributed by atoms with Crippen molar-refractivity contribution >= 4 is 33.6 Å². The molecule has 3 aliphatic rings. The second-order valence-corrected chi connectivity index (χ2v) is 15.5. The van der Waals surface area contributed by atoms with Crippen LogP contribution in [0.25, 0.3) is 11.3 Å². The molecule has 0 bridgehead atoms. The van der Waals surface area contributed by atoms with Gasteiger partial charge in [0.25, 0.3) is 0 Å². The van der Waals surface area contributed by atoms with Crippen LogP contribution in [-0.4, -0.2) is 136 Å². The van der Waals surface area contributed by atoms with Crippen LogP contribution in [0.5, 0.6) is 0 Å². The Morgan fingerprint density at radius 1 is 1.12 bits per heavy atom. The number of benzene rings is 1. The van der Waals surface area contributed by atoms with Gasteiger partial charge in [0.2, 0.25) is 21.8 Å². The molecule has 2 atom stereocenters. The quantitative estimate of drug-likeness (QED) is 0.240. The van der Waals surface area contributed by atoms with Crippen molar-refractivity contribution in [2.24, 2.45) is 0 Å². The minimum atomic E-state index is -4.69. The number of carbonyl (C=O) groups is 2. The number of halogens is 3. The number of aliphatic hydroxyl groups is 3. The number of carbonyl (C=O) groups excluding carboxylic acids is 2. The smallest absolute Gasteiger partial charge is 0.391 e. The van der Waals surface area contributed by atoms with Crippen molar-refractivity contribution in [3.63, 3.8) is 0 Å². The fourth-order valence-corrected chi connectivity index (χ4v) is 8.24. The number of nitrogens with one attached hydrogen (secondary N) is 1. The first-order valence-electron chi connectivity index (χ1n) is 15.8. The number of rotatable bonds is 11. The Hall–Kier alpha value is -2.74. The Kier molecular flexibility index (Phi) is 11.4. The van der Waals surface area contributed by atoms with E-state index in [9.17, 15) is 41.4 Å². The van der Waals surface area contributed by atoms with E-state index < -0.39 is 46.5 Å². The maximum absolute atomic E-state index is 14.1. The second-order valence-electron chi connectivity index (χ2n) is 12.5. The van der Waals surface area contributed by atoms with Gasteiger partial charge in [-0.2, -0.15) is 22.6 Å². The lowest BCUT2D eigenvalue weighted by Crippen LogP contribution is -2.47. The van der Waals surface area contributed by atoms with Gasteiger partial charge in [0.05, 0.1) is 42.0 Å². The van der Waals surface area contributed by atoms with Crippen molar-refractivity contribution in [3.05, 3.63) is 35.0 Å². The lowest BCUT2D eigenvalue weighted by molar-refractivity contribution is -0.139. The molecule has 2 saturated heterocycles. The molecule has 2 fully saturated rings. The summed E-state index contributed by atoms with van der Waals surface area (Å²) in [6.45, 7) is 1.66. The minimum Gasteiger partial charge on any atom is -0.391 e. The fraction of sp³-hybridized carbons (Fsp3) is 0.633. The van der Waals surface area contributed by atoms with Gasteiger partial charge >= 0.3 is 6.18 Å². The van der Waals surface area contributed by atoms with Gasteiger partial charge in [0, 0.05) is 80.0 Å². The van der Waals surface area contributed by atoms with E-state index in [1.165, 1.54) is 21.3 Å². The molecule has 13 nitrogen and oxygen atoms in total. The highest BCUT2D eigenvalue weighted by atomic mass is 32.2. The molecule has 1 aromatic heterocycles. The van der Waals surface area contributed by atoms with Crippen LogP contribution in [0, 0.1) is 0 Å². The Bertz CT molecular complexity index is 1600. The van der Waals surface area contributed by atoms with Crippen LogP contribution < -0.4 is 5.32 Å². The molecule has 266 valence electrons. The number of hydrogen-bond acceptors (Lipinski definition) is 10. The third-order valence-corrected chi connectivity index (χ3v) is 11.2. The molecule has 1 unspecified atom stereocenters. The molecule has 2 amide bonds. The number of aliphatic hydroxyl groups excluding tert-OH is 3. The lowest BCUT2D eigenvalue weighted by Gasteiger charge is -2.33. The van der Waals surface area contributed by atoms with Gasteiger partial charge in [-0.15, -0.1) is 11.8 Å². The summed E-state index contributed by atoms with van der Waals surface area (Å²) in [7, 11) is -3.59. The van der Waals surface area contributed by atoms with Crippen LogP contribution in [0.2, 0.25) is 0 Å². The summed E-state index contributed by atoms with van der Waals surface area (Å²) in [4.78, 5) is 27.5. The highest BCUT2D eigenvalue weighted by Gasteiger charge is 2.36. The highest BCUT2D eigenvalue weighted by Crippen LogP contribution is 2.40. The third kappa shape index (κ3) is 8.88. The zero-order valence-corrected chi connectivity index (χ0v) is 28.2. The van der Waals surface area contributed by atoms with Gasteiger partial charge < -0.3 is 30.4 Å². The first-order valence-corrected chi connectivity index (χ1v) is 18.6. The van der Waals surface area contributed by atoms with E-state index in [0.717, 1.165) is 24.1 Å². The van der Waals surface area contributed by atoms with Crippen LogP contribution in [-0.2, 0) is 45.3 Å². The molecule has 2 aromatic rings. The molecule has 48 heavy (non-hydrogen) atoms. The molecule has 0 aliphatic carbocycles. The maximum atomic E-state index is 14.1. The van der Waals surface area contributed by atoms with Crippen molar-refractivity contribution < 1.29 is 46.5 Å². The Morgan fingerprint density at radius 3 is 2.48 bits per heavy atom. The van der Waals surface area contributed by atoms with E-state index in [0.29, 0.717) is 68.0 Å². The van der Waals surface area contributed by atoms with E-state index >= 15 is 0 Å². The number of fused-ring (bicyclic) bond motifs is 1. The van der Waals surface area contributed by atoms with Crippen molar-refractivity contribution in [2.75, 3.05) is 57.9 Å². The molecule has 3 aliphatic heterocycles. The van der Waals surface area contributed by atoms with E-state index in [1.807, 2.05) is 0 Å². The maximum Gasteiger partial charge on any atom is 0.417 e.